The van der Waals surface area contributed by atoms with Gasteiger partial charge in [0.15, 0.2) is 0 Å². The first-order valence-electron chi connectivity index (χ1n) is 7.18. The fourth-order valence-corrected chi connectivity index (χ4v) is 2.21. The van der Waals surface area contributed by atoms with Crippen molar-refractivity contribution < 1.29 is 9.15 Å². The van der Waals surface area contributed by atoms with E-state index in [4.69, 9.17) is 9.15 Å². The van der Waals surface area contributed by atoms with E-state index in [2.05, 4.69) is 30.3 Å². The lowest BCUT2D eigenvalue weighted by Crippen LogP contribution is -2.19. The average molecular weight is 266 g/mol. The molecule has 1 fully saturated rings. The smallest absolute Gasteiger partial charge is 0.118 e. The van der Waals surface area contributed by atoms with E-state index in [1.165, 1.54) is 18.4 Å². The zero-order valence-electron chi connectivity index (χ0n) is 12.4. The van der Waals surface area contributed by atoms with Gasteiger partial charge in [0.2, 0.25) is 0 Å². The second kappa shape index (κ2) is 7.08. The molecule has 0 saturated heterocycles. The van der Waals surface area contributed by atoms with Crippen molar-refractivity contribution in [2.75, 3.05) is 27.3 Å². The first kappa shape index (κ1) is 14.6. The summed E-state index contributed by atoms with van der Waals surface area (Å²) >= 11 is 0. The van der Waals surface area contributed by atoms with E-state index >= 15 is 0 Å². The topological polar surface area (TPSA) is 37.6 Å². The fraction of sp³-hybridized carbons (Fsp3) is 0.733. The molecule has 0 aliphatic heterocycles. The quantitative estimate of drug-likeness (QED) is 0.696. The molecular weight excluding hydrogens is 240 g/mol. The molecule has 0 radical (unpaired) electrons. The highest BCUT2D eigenvalue weighted by atomic mass is 16.5. The maximum absolute atomic E-state index is 5.83. The van der Waals surface area contributed by atoms with Gasteiger partial charge in [0, 0.05) is 38.4 Å². The van der Waals surface area contributed by atoms with Crippen LogP contribution in [-0.4, -0.2) is 38.3 Å². The van der Waals surface area contributed by atoms with E-state index in [0.29, 0.717) is 0 Å². The van der Waals surface area contributed by atoms with Crippen molar-refractivity contribution in [2.24, 2.45) is 0 Å². The molecule has 0 spiro atoms. The van der Waals surface area contributed by atoms with Crippen molar-refractivity contribution in [2.45, 2.75) is 45.3 Å². The zero-order chi connectivity index (χ0) is 13.7. The second-order valence-corrected chi connectivity index (χ2v) is 5.53. The van der Waals surface area contributed by atoms with Gasteiger partial charge in [-0.3, -0.25) is 4.90 Å². The van der Waals surface area contributed by atoms with Crippen LogP contribution in [0.3, 0.4) is 0 Å². The van der Waals surface area contributed by atoms with Crippen LogP contribution in [0, 0.1) is 6.92 Å². The van der Waals surface area contributed by atoms with Crippen molar-refractivity contribution in [3.8, 4) is 0 Å². The molecule has 1 aromatic heterocycles. The summed E-state index contributed by atoms with van der Waals surface area (Å²) in [5.41, 5.74) is 1.30. The van der Waals surface area contributed by atoms with Crippen LogP contribution in [0.25, 0.3) is 0 Å². The largest absolute Gasteiger partial charge is 0.465 e. The highest BCUT2D eigenvalue weighted by molar-refractivity contribution is 5.21. The summed E-state index contributed by atoms with van der Waals surface area (Å²) in [6, 6.07) is 2.94. The number of aryl methyl sites for hydroxylation is 1. The van der Waals surface area contributed by atoms with Crippen molar-refractivity contribution in [3.63, 3.8) is 0 Å². The molecule has 0 amide bonds. The zero-order valence-corrected chi connectivity index (χ0v) is 12.4. The van der Waals surface area contributed by atoms with E-state index in [0.717, 1.165) is 50.2 Å². The van der Waals surface area contributed by atoms with Gasteiger partial charge in [-0.2, -0.15) is 0 Å². The normalized spacial score (nSPS) is 15.4. The third kappa shape index (κ3) is 4.97. The molecular formula is C15H26N2O2. The second-order valence-electron chi connectivity index (χ2n) is 5.53. The van der Waals surface area contributed by atoms with Gasteiger partial charge < -0.3 is 14.5 Å². The standard InChI is InChI=1S/C15H26N2O2/c1-12-13(10-16-14-5-6-14)9-15(19-12)11-17(2)7-4-8-18-3/h9,14,16H,4-8,10-11H2,1-3H3. The van der Waals surface area contributed by atoms with Crippen molar-refractivity contribution in [1.29, 1.82) is 0 Å². The van der Waals surface area contributed by atoms with Gasteiger partial charge in [-0.05, 0) is 39.3 Å². The molecule has 1 heterocycles. The Morgan fingerprint density at radius 3 is 2.95 bits per heavy atom. The van der Waals surface area contributed by atoms with E-state index in [1.807, 2.05) is 0 Å². The third-order valence-corrected chi connectivity index (χ3v) is 3.54. The van der Waals surface area contributed by atoms with Gasteiger partial charge in [0.1, 0.15) is 11.5 Å². The number of ether oxygens (including phenoxy) is 1. The van der Waals surface area contributed by atoms with Gasteiger partial charge in [-0.15, -0.1) is 0 Å². The van der Waals surface area contributed by atoms with Gasteiger partial charge in [0.25, 0.3) is 0 Å². The molecule has 1 aliphatic carbocycles. The molecule has 2 rings (SSSR count). The Morgan fingerprint density at radius 2 is 2.26 bits per heavy atom. The Kier molecular flexibility index (Phi) is 5.43. The van der Waals surface area contributed by atoms with E-state index < -0.39 is 0 Å². The molecule has 0 bridgehead atoms. The maximum atomic E-state index is 5.83. The van der Waals surface area contributed by atoms with Crippen LogP contribution in [0.4, 0.5) is 0 Å². The minimum Gasteiger partial charge on any atom is -0.465 e. The molecule has 1 saturated carbocycles. The third-order valence-electron chi connectivity index (χ3n) is 3.54. The van der Waals surface area contributed by atoms with Gasteiger partial charge >= 0.3 is 0 Å². The minimum absolute atomic E-state index is 0.745. The lowest BCUT2D eigenvalue weighted by molar-refractivity contribution is 0.175. The van der Waals surface area contributed by atoms with E-state index in [1.54, 1.807) is 7.11 Å². The van der Waals surface area contributed by atoms with Gasteiger partial charge in [0.05, 0.1) is 6.54 Å². The van der Waals surface area contributed by atoms with E-state index in [-0.39, 0.29) is 0 Å². The summed E-state index contributed by atoms with van der Waals surface area (Å²) in [6.07, 6.45) is 3.71. The van der Waals surface area contributed by atoms with Crippen LogP contribution in [0.2, 0.25) is 0 Å². The summed E-state index contributed by atoms with van der Waals surface area (Å²) in [5.74, 6) is 2.11. The van der Waals surface area contributed by atoms with Gasteiger partial charge in [-0.1, -0.05) is 0 Å². The molecule has 4 heteroatoms. The number of rotatable bonds is 9. The maximum Gasteiger partial charge on any atom is 0.118 e. The first-order chi connectivity index (χ1) is 9.19. The Bertz CT molecular complexity index is 385. The molecule has 0 aromatic carbocycles. The number of furan rings is 1. The number of nitrogens with one attached hydrogen (secondary N) is 1. The summed E-state index contributed by atoms with van der Waals surface area (Å²) in [6.45, 7) is 5.71. The van der Waals surface area contributed by atoms with Crippen LogP contribution in [0.1, 0.15) is 36.3 Å². The number of hydrogen-bond acceptors (Lipinski definition) is 4. The van der Waals surface area contributed by atoms with Crippen LogP contribution < -0.4 is 5.32 Å². The van der Waals surface area contributed by atoms with Crippen molar-refractivity contribution in [1.82, 2.24) is 10.2 Å². The van der Waals surface area contributed by atoms with E-state index in [9.17, 15) is 0 Å². The van der Waals surface area contributed by atoms with Crippen LogP contribution in [-0.2, 0) is 17.8 Å². The lowest BCUT2D eigenvalue weighted by Gasteiger charge is -2.14. The summed E-state index contributed by atoms with van der Waals surface area (Å²) in [4.78, 5) is 2.27. The molecule has 19 heavy (non-hydrogen) atoms. The van der Waals surface area contributed by atoms with Crippen molar-refractivity contribution in [3.05, 3.63) is 23.2 Å². The number of hydrogen-bond donors (Lipinski definition) is 1. The summed E-state index contributed by atoms with van der Waals surface area (Å²) in [7, 11) is 3.87. The first-order valence-corrected chi connectivity index (χ1v) is 7.18. The molecule has 4 nitrogen and oxygen atoms in total. The highest BCUT2D eigenvalue weighted by Gasteiger charge is 2.21. The molecule has 1 aliphatic rings. The fourth-order valence-electron chi connectivity index (χ4n) is 2.21. The molecule has 0 unspecified atom stereocenters. The van der Waals surface area contributed by atoms with Crippen LogP contribution >= 0.6 is 0 Å². The average Bonchev–Trinajstić information content (AvgIpc) is 3.12. The number of nitrogens with zero attached hydrogens (tertiary/aromatic N) is 1. The van der Waals surface area contributed by atoms with Crippen LogP contribution in [0.5, 0.6) is 0 Å². The Hall–Kier alpha value is -0.840. The molecule has 108 valence electrons. The predicted molar refractivity (Wildman–Crippen MR) is 76.1 cm³/mol. The predicted octanol–water partition coefficient (Wildman–Crippen LogP) is 2.31. The Balaban J connectivity index is 1.77. The minimum atomic E-state index is 0.745. The lowest BCUT2D eigenvalue weighted by atomic mass is 10.2. The van der Waals surface area contributed by atoms with Crippen LogP contribution in [0.15, 0.2) is 10.5 Å². The SMILES string of the molecule is COCCCN(C)Cc1cc(CNC2CC2)c(C)o1. The molecule has 1 N–H and O–H groups in total. The molecule has 0 atom stereocenters. The summed E-state index contributed by atoms with van der Waals surface area (Å²) in [5, 5.41) is 3.53. The molecule has 1 aromatic rings. The van der Waals surface area contributed by atoms with Crippen molar-refractivity contribution >= 4 is 0 Å². The highest BCUT2D eigenvalue weighted by Crippen LogP contribution is 2.21. The monoisotopic (exact) mass is 266 g/mol. The summed E-state index contributed by atoms with van der Waals surface area (Å²) < 4.78 is 10.9. The Morgan fingerprint density at radius 1 is 1.47 bits per heavy atom. The van der Waals surface area contributed by atoms with Gasteiger partial charge in [-0.25, -0.2) is 0 Å². The number of methoxy groups -OCH3 is 1. The Labute approximate surface area is 116 Å².